The molecule has 0 aromatic carbocycles. The Morgan fingerprint density at radius 3 is 1.92 bits per heavy atom. The van der Waals surface area contributed by atoms with Gasteiger partial charge in [-0.3, -0.25) is 12.2 Å². The van der Waals surface area contributed by atoms with E-state index in [1.54, 1.807) is 0 Å². The third kappa shape index (κ3) is 2.42. The van der Waals surface area contributed by atoms with Crippen molar-refractivity contribution in [3.8, 4) is 0 Å². The first-order chi connectivity index (χ1) is 5.45. The first-order valence-electron chi connectivity index (χ1n) is 3.97. The van der Waals surface area contributed by atoms with E-state index in [9.17, 15) is 0 Å². The fourth-order valence-electron chi connectivity index (χ4n) is 1.35. The molecule has 0 aromatic rings. The van der Waals surface area contributed by atoms with Crippen LogP contribution in [0, 0.1) is 12.2 Å². The van der Waals surface area contributed by atoms with Crippen molar-refractivity contribution in [2.75, 3.05) is 0 Å². The van der Waals surface area contributed by atoms with Crippen LogP contribution in [0.25, 0.3) is 0 Å². The maximum atomic E-state index is 3.29. The summed E-state index contributed by atoms with van der Waals surface area (Å²) in [7, 11) is 0. The Bertz CT molecular complexity index is 247. The molecular weight excluding hydrogens is 223 g/mol. The van der Waals surface area contributed by atoms with Gasteiger partial charge in [-0.25, -0.2) is 23.3 Å². The Morgan fingerprint density at radius 2 is 1.58 bits per heavy atom. The molecule has 0 heterocycles. The second kappa shape index (κ2) is 4.77. The molecule has 2 aliphatic carbocycles. The molecule has 0 amide bonds. The molecule has 60 valence electrons. The van der Waals surface area contributed by atoms with E-state index < -0.39 is 0 Å². The van der Waals surface area contributed by atoms with Crippen LogP contribution in [0.1, 0.15) is 22.1 Å². The van der Waals surface area contributed by atoms with Crippen molar-refractivity contribution in [3.63, 3.8) is 0 Å². The summed E-state index contributed by atoms with van der Waals surface area (Å²) < 4.78 is 0. The molecule has 0 unspecified atom stereocenters. The van der Waals surface area contributed by atoms with Crippen molar-refractivity contribution in [1.29, 1.82) is 0 Å². The van der Waals surface area contributed by atoms with Crippen LogP contribution in [-0.2, 0) is 26.2 Å². The third-order valence-electron chi connectivity index (χ3n) is 1.91. The number of hydrogen-bond donors (Lipinski definition) is 0. The molecule has 0 nitrogen and oxygen atoms in total. The van der Waals surface area contributed by atoms with E-state index in [1.165, 1.54) is 11.1 Å². The zero-order valence-electron chi connectivity index (χ0n) is 8.93. The molecule has 0 saturated heterocycles. The Labute approximate surface area is 95.8 Å². The molecule has 0 saturated carbocycles. The fraction of sp³-hybridized carbons (Fsp3) is 0.273. The maximum Gasteiger partial charge on any atom is 4.00 e. The van der Waals surface area contributed by atoms with Crippen molar-refractivity contribution in [1.82, 2.24) is 0 Å². The minimum Gasteiger partial charge on any atom is -1.00 e. The van der Waals surface area contributed by atoms with Crippen molar-refractivity contribution in [2.24, 2.45) is 0 Å². The summed E-state index contributed by atoms with van der Waals surface area (Å²) >= 11 is 0. The van der Waals surface area contributed by atoms with Crippen LogP contribution in [0.2, 0.25) is 0 Å². The molecule has 12 heavy (non-hydrogen) atoms. The van der Waals surface area contributed by atoms with Crippen LogP contribution in [0.5, 0.6) is 0 Å². The molecule has 0 atom stereocenters. The Kier molecular flexibility index (Phi) is 3.94. The summed E-state index contributed by atoms with van der Waals surface area (Å²) in [6, 6.07) is 0. The Balaban J connectivity index is 0. The van der Waals surface area contributed by atoms with E-state index in [-0.39, 0.29) is 29.1 Å². The maximum absolute atomic E-state index is 3.29. The molecule has 0 fully saturated rings. The summed E-state index contributed by atoms with van der Waals surface area (Å²) in [5.41, 5.74) is 2.64. The van der Waals surface area contributed by atoms with Crippen LogP contribution < -0.4 is 0 Å². The minimum atomic E-state index is 0. The van der Waals surface area contributed by atoms with Gasteiger partial charge in [0.05, 0.1) is 0 Å². The number of hydrogen-bond acceptors (Lipinski definition) is 0. The summed E-state index contributed by atoms with van der Waals surface area (Å²) in [5, 5.41) is 0. The molecule has 0 bridgehead atoms. The van der Waals surface area contributed by atoms with Gasteiger partial charge in [0, 0.05) is 0 Å². The summed E-state index contributed by atoms with van der Waals surface area (Å²) in [6.07, 6.45) is 18.2. The van der Waals surface area contributed by atoms with Gasteiger partial charge in [-0.15, -0.1) is 12.8 Å². The van der Waals surface area contributed by atoms with Gasteiger partial charge in [-0.2, -0.15) is 12.2 Å². The summed E-state index contributed by atoms with van der Waals surface area (Å²) in [5.74, 6) is 0. The van der Waals surface area contributed by atoms with Crippen molar-refractivity contribution in [2.45, 2.75) is 19.3 Å². The van der Waals surface area contributed by atoms with E-state index in [2.05, 4.69) is 36.5 Å². The number of rotatable bonds is 2. The third-order valence-corrected chi connectivity index (χ3v) is 1.91. The summed E-state index contributed by atoms with van der Waals surface area (Å²) in [4.78, 5) is 0. The SMILES string of the molecule is [C-]1=C(CC2=[C-]CC=C2)C=CC1.[H-].[H-].[Zr+4]. The van der Waals surface area contributed by atoms with Gasteiger partial charge < -0.3 is 2.85 Å². The van der Waals surface area contributed by atoms with E-state index >= 15 is 0 Å². The van der Waals surface area contributed by atoms with Gasteiger partial charge >= 0.3 is 26.2 Å². The fourth-order valence-corrected chi connectivity index (χ4v) is 1.35. The molecular formula is C11H12Zr. The zero-order chi connectivity index (χ0) is 7.52. The second-order valence-corrected chi connectivity index (χ2v) is 2.79. The van der Waals surface area contributed by atoms with Crippen molar-refractivity contribution < 1.29 is 29.1 Å². The van der Waals surface area contributed by atoms with Crippen molar-refractivity contribution in [3.05, 3.63) is 47.6 Å². The van der Waals surface area contributed by atoms with Crippen molar-refractivity contribution >= 4 is 0 Å². The van der Waals surface area contributed by atoms with Gasteiger partial charge in [-0.05, 0) is 0 Å². The monoisotopic (exact) mass is 234 g/mol. The quantitative estimate of drug-likeness (QED) is 0.646. The average Bonchev–Trinajstić information content (AvgIpc) is 2.60. The molecule has 0 aliphatic heterocycles. The largest absolute Gasteiger partial charge is 4.00 e. The number of allylic oxidation sites excluding steroid dienone is 8. The molecule has 0 radical (unpaired) electrons. The smallest absolute Gasteiger partial charge is 1.00 e. The van der Waals surface area contributed by atoms with Crippen LogP contribution in [0.3, 0.4) is 0 Å². The predicted octanol–water partition coefficient (Wildman–Crippen LogP) is 2.98. The molecule has 0 aromatic heterocycles. The van der Waals surface area contributed by atoms with Gasteiger partial charge in [0.1, 0.15) is 0 Å². The van der Waals surface area contributed by atoms with E-state index in [4.69, 9.17) is 0 Å². The normalized spacial score (nSPS) is 19.0. The second-order valence-electron chi connectivity index (χ2n) is 2.79. The van der Waals surface area contributed by atoms with E-state index in [0.717, 1.165) is 19.3 Å². The Hall–Kier alpha value is -0.157. The van der Waals surface area contributed by atoms with Gasteiger partial charge in [0.15, 0.2) is 0 Å². The zero-order valence-corrected chi connectivity index (χ0v) is 9.39. The molecule has 0 spiro atoms. The van der Waals surface area contributed by atoms with Gasteiger partial charge in [-0.1, -0.05) is 6.42 Å². The van der Waals surface area contributed by atoms with E-state index in [1.807, 2.05) is 0 Å². The van der Waals surface area contributed by atoms with Crippen LogP contribution >= 0.6 is 0 Å². The molecule has 2 rings (SSSR count). The van der Waals surface area contributed by atoms with E-state index in [0.29, 0.717) is 0 Å². The molecule has 2 aliphatic rings. The topological polar surface area (TPSA) is 0 Å². The van der Waals surface area contributed by atoms with Crippen LogP contribution in [0.4, 0.5) is 0 Å². The molecule has 1 heteroatoms. The standard InChI is InChI=1S/C11H10.Zr.2H/c1-2-6-10(5-1)9-11-7-3-4-8-11;;;/h1,3,5,7H,2,4,9H2;;;/q-2;+4;2*-1. The van der Waals surface area contributed by atoms with Crippen LogP contribution in [0.15, 0.2) is 35.5 Å². The average molecular weight is 235 g/mol. The van der Waals surface area contributed by atoms with Crippen LogP contribution in [-0.4, -0.2) is 0 Å². The minimum absolute atomic E-state index is 0. The predicted molar refractivity (Wildman–Crippen MR) is 47.9 cm³/mol. The molecule has 0 N–H and O–H groups in total. The van der Waals surface area contributed by atoms with Gasteiger partial charge in [0.25, 0.3) is 0 Å². The first-order valence-corrected chi connectivity index (χ1v) is 3.97. The van der Waals surface area contributed by atoms with Gasteiger partial charge in [0.2, 0.25) is 0 Å². The summed E-state index contributed by atoms with van der Waals surface area (Å²) in [6.45, 7) is 0. The Morgan fingerprint density at radius 1 is 1.08 bits per heavy atom. The first kappa shape index (κ1) is 9.93.